The van der Waals surface area contributed by atoms with Gasteiger partial charge in [-0.05, 0) is 30.7 Å². The Kier molecular flexibility index (Phi) is 3.34. The first-order chi connectivity index (χ1) is 11.0. The van der Waals surface area contributed by atoms with E-state index in [1.165, 1.54) is 0 Å². The third-order valence-electron chi connectivity index (χ3n) is 4.56. The fraction of sp³-hybridized carbons (Fsp3) is 0.278. The second kappa shape index (κ2) is 5.27. The number of hydrogen-bond acceptors (Lipinski definition) is 2. The summed E-state index contributed by atoms with van der Waals surface area (Å²) in [5, 5.41) is 3.11. The quantitative estimate of drug-likeness (QED) is 0.857. The lowest BCUT2D eigenvalue weighted by atomic mass is 9.90. The molecule has 2 heterocycles. The van der Waals surface area contributed by atoms with E-state index in [-0.39, 0.29) is 12.1 Å². The minimum atomic E-state index is -0.635. The highest BCUT2D eigenvalue weighted by Crippen LogP contribution is 2.45. The van der Waals surface area contributed by atoms with E-state index < -0.39 is 5.72 Å². The Morgan fingerprint density at radius 2 is 2.09 bits per heavy atom. The molecule has 0 aliphatic carbocycles. The van der Waals surface area contributed by atoms with Gasteiger partial charge in [-0.2, -0.15) is 0 Å². The van der Waals surface area contributed by atoms with Crippen molar-refractivity contribution in [3.8, 4) is 5.75 Å². The minimum absolute atomic E-state index is 0.0132. The number of carbonyl (C=O) groups is 1. The first kappa shape index (κ1) is 14.6. The van der Waals surface area contributed by atoms with E-state index in [1.54, 1.807) is 4.90 Å². The Bertz CT molecular complexity index is 765. The van der Waals surface area contributed by atoms with Gasteiger partial charge in [0.1, 0.15) is 5.75 Å². The zero-order valence-corrected chi connectivity index (χ0v) is 14.3. The minimum Gasteiger partial charge on any atom is -0.468 e. The second-order valence-corrected chi connectivity index (χ2v) is 7.15. The number of fused-ring (bicyclic) bond motifs is 4. The van der Waals surface area contributed by atoms with Gasteiger partial charge in [-0.3, -0.25) is 4.90 Å². The molecule has 0 aromatic heterocycles. The summed E-state index contributed by atoms with van der Waals surface area (Å²) in [6.45, 7) is 2.52. The zero-order chi connectivity index (χ0) is 16.0. The van der Waals surface area contributed by atoms with Crippen LogP contribution in [0.15, 0.2) is 53.0 Å². The Labute approximate surface area is 143 Å². The number of amides is 2. The Morgan fingerprint density at radius 3 is 2.87 bits per heavy atom. The first-order valence-corrected chi connectivity index (χ1v) is 8.45. The van der Waals surface area contributed by atoms with Crippen molar-refractivity contribution in [3.63, 3.8) is 0 Å². The molecule has 0 unspecified atom stereocenters. The number of hydrogen-bond donors (Lipinski definition) is 1. The number of halogens is 1. The molecule has 0 spiro atoms. The predicted molar refractivity (Wildman–Crippen MR) is 91.0 cm³/mol. The van der Waals surface area contributed by atoms with Crippen LogP contribution in [0, 0.1) is 0 Å². The lowest BCUT2D eigenvalue weighted by Crippen LogP contribution is -2.64. The smallest absolute Gasteiger partial charge is 0.321 e. The molecule has 0 saturated carbocycles. The molecule has 5 heteroatoms. The highest BCUT2D eigenvalue weighted by atomic mass is 79.9. The van der Waals surface area contributed by atoms with Crippen LogP contribution in [0.5, 0.6) is 5.75 Å². The number of nitrogens with zero attached hydrogens (tertiary/aromatic N) is 1. The number of ether oxygens (including phenoxy) is 1. The van der Waals surface area contributed by atoms with Crippen molar-refractivity contribution in [2.45, 2.75) is 31.7 Å². The van der Waals surface area contributed by atoms with E-state index in [0.717, 1.165) is 27.8 Å². The monoisotopic (exact) mass is 372 g/mol. The van der Waals surface area contributed by atoms with E-state index >= 15 is 0 Å². The van der Waals surface area contributed by atoms with Crippen molar-refractivity contribution in [3.05, 3.63) is 64.1 Å². The van der Waals surface area contributed by atoms with E-state index in [9.17, 15) is 4.79 Å². The number of nitrogens with one attached hydrogen (secondary N) is 1. The highest BCUT2D eigenvalue weighted by Gasteiger charge is 2.48. The third kappa shape index (κ3) is 2.49. The molecule has 23 heavy (non-hydrogen) atoms. The van der Waals surface area contributed by atoms with Gasteiger partial charge in [0.15, 0.2) is 5.72 Å². The summed E-state index contributed by atoms with van der Waals surface area (Å²) in [6, 6.07) is 15.8. The van der Waals surface area contributed by atoms with Crippen molar-refractivity contribution in [2.24, 2.45) is 0 Å². The van der Waals surface area contributed by atoms with Crippen molar-refractivity contribution in [2.75, 3.05) is 0 Å². The summed E-state index contributed by atoms with van der Waals surface area (Å²) < 4.78 is 7.23. The number of carbonyl (C=O) groups excluding carboxylic acids is 1. The molecule has 2 amide bonds. The summed E-state index contributed by atoms with van der Waals surface area (Å²) in [5.74, 6) is 0.838. The highest BCUT2D eigenvalue weighted by molar-refractivity contribution is 9.10. The molecule has 2 bridgehead atoms. The fourth-order valence-electron chi connectivity index (χ4n) is 3.39. The average Bonchev–Trinajstić information content (AvgIpc) is 2.53. The van der Waals surface area contributed by atoms with Gasteiger partial charge in [0.25, 0.3) is 0 Å². The number of benzene rings is 2. The van der Waals surface area contributed by atoms with Crippen molar-refractivity contribution >= 4 is 22.0 Å². The molecule has 1 fully saturated rings. The molecular formula is C18H17BrN2O2. The SMILES string of the molecule is C[C@@]12C[C@@H](NC(=O)N1Cc1ccccc1)c1cc(Br)ccc1O2. The van der Waals surface area contributed by atoms with Crippen molar-refractivity contribution in [1.82, 2.24) is 10.2 Å². The lowest BCUT2D eigenvalue weighted by molar-refractivity contribution is -0.0879. The summed E-state index contributed by atoms with van der Waals surface area (Å²) in [6.07, 6.45) is 0.731. The van der Waals surface area contributed by atoms with Crippen LogP contribution in [0.4, 0.5) is 4.79 Å². The molecule has 2 aromatic rings. The standard InChI is InChI=1S/C18H17BrN2O2/c1-18-10-15(14-9-13(19)7-8-16(14)23-18)20-17(22)21(18)11-12-5-3-2-4-6-12/h2-9,15H,10-11H2,1H3,(H,20,22)/t15-,18-/m1/s1. The Morgan fingerprint density at radius 1 is 1.30 bits per heavy atom. The second-order valence-electron chi connectivity index (χ2n) is 6.24. The number of rotatable bonds is 2. The van der Waals surface area contributed by atoms with Gasteiger partial charge in [-0.1, -0.05) is 46.3 Å². The molecular weight excluding hydrogens is 356 g/mol. The number of urea groups is 1. The molecule has 0 radical (unpaired) electrons. The fourth-order valence-corrected chi connectivity index (χ4v) is 3.77. The molecule has 2 aliphatic heterocycles. The molecule has 4 rings (SSSR count). The van der Waals surface area contributed by atoms with Gasteiger partial charge in [0, 0.05) is 16.5 Å². The maximum atomic E-state index is 12.6. The summed E-state index contributed by atoms with van der Waals surface area (Å²) in [5.41, 5.74) is 1.49. The van der Waals surface area contributed by atoms with Gasteiger partial charge < -0.3 is 10.1 Å². The van der Waals surface area contributed by atoms with E-state index in [2.05, 4.69) is 21.2 Å². The topological polar surface area (TPSA) is 41.6 Å². The summed E-state index contributed by atoms with van der Waals surface area (Å²) >= 11 is 3.49. The lowest BCUT2D eigenvalue weighted by Gasteiger charge is -2.50. The zero-order valence-electron chi connectivity index (χ0n) is 12.8. The maximum Gasteiger partial charge on any atom is 0.321 e. The van der Waals surface area contributed by atoms with Crippen LogP contribution in [0.25, 0.3) is 0 Å². The largest absolute Gasteiger partial charge is 0.468 e. The van der Waals surface area contributed by atoms with Crippen LogP contribution >= 0.6 is 15.9 Å². The Balaban J connectivity index is 1.69. The van der Waals surface area contributed by atoms with Gasteiger partial charge in [-0.25, -0.2) is 4.79 Å². The van der Waals surface area contributed by atoms with Crippen LogP contribution in [0.2, 0.25) is 0 Å². The third-order valence-corrected chi connectivity index (χ3v) is 5.05. The normalized spacial score (nSPS) is 25.4. The van der Waals surface area contributed by atoms with E-state index in [4.69, 9.17) is 4.74 Å². The van der Waals surface area contributed by atoms with Crippen LogP contribution in [-0.4, -0.2) is 16.7 Å². The molecule has 2 atom stereocenters. The van der Waals surface area contributed by atoms with Gasteiger partial charge in [0.2, 0.25) is 0 Å². The van der Waals surface area contributed by atoms with Crippen molar-refractivity contribution < 1.29 is 9.53 Å². The molecule has 2 aliphatic rings. The summed E-state index contributed by atoms with van der Waals surface area (Å²) in [4.78, 5) is 14.4. The molecule has 2 aromatic carbocycles. The first-order valence-electron chi connectivity index (χ1n) is 7.66. The summed E-state index contributed by atoms with van der Waals surface area (Å²) in [7, 11) is 0. The van der Waals surface area contributed by atoms with E-state index in [0.29, 0.717) is 6.54 Å². The van der Waals surface area contributed by atoms with Crippen LogP contribution in [0.1, 0.15) is 30.5 Å². The average molecular weight is 373 g/mol. The van der Waals surface area contributed by atoms with E-state index in [1.807, 2.05) is 55.5 Å². The molecule has 118 valence electrons. The van der Waals surface area contributed by atoms with Gasteiger partial charge >= 0.3 is 6.03 Å². The van der Waals surface area contributed by atoms with Crippen LogP contribution in [0.3, 0.4) is 0 Å². The van der Waals surface area contributed by atoms with Crippen LogP contribution in [-0.2, 0) is 6.54 Å². The predicted octanol–water partition coefficient (Wildman–Crippen LogP) is 4.21. The van der Waals surface area contributed by atoms with Gasteiger partial charge in [-0.15, -0.1) is 0 Å². The Hall–Kier alpha value is -2.01. The maximum absolute atomic E-state index is 12.6. The molecule has 4 nitrogen and oxygen atoms in total. The van der Waals surface area contributed by atoms with Crippen LogP contribution < -0.4 is 10.1 Å². The molecule has 1 saturated heterocycles. The van der Waals surface area contributed by atoms with Crippen molar-refractivity contribution in [1.29, 1.82) is 0 Å². The molecule has 1 N–H and O–H groups in total. The van der Waals surface area contributed by atoms with Gasteiger partial charge in [0.05, 0.1) is 12.6 Å².